The second kappa shape index (κ2) is 8.04. The molecule has 1 aliphatic heterocycles. The Bertz CT molecular complexity index is 602. The van der Waals surface area contributed by atoms with Crippen LogP contribution in [-0.4, -0.2) is 55.7 Å². The Morgan fingerprint density at radius 3 is 2.80 bits per heavy atom. The highest BCUT2D eigenvalue weighted by Gasteiger charge is 2.27. The average Bonchev–Trinajstić information content (AvgIpc) is 3.21. The summed E-state index contributed by atoms with van der Waals surface area (Å²) in [5.41, 5.74) is 0.550. The lowest BCUT2D eigenvalue weighted by Crippen LogP contribution is -2.34. The number of hydrogen-bond acceptors (Lipinski definition) is 3. The zero-order chi connectivity index (χ0) is 17.8. The number of nitrogens with one attached hydrogen (secondary N) is 1. The van der Waals surface area contributed by atoms with Crippen molar-refractivity contribution in [2.24, 2.45) is 5.92 Å². The number of carbonyl (C=O) groups excluding carboxylic acids is 1. The Balaban J connectivity index is 1.62. The SMILES string of the molecule is CN(C)CC1CCN(C(=O)Nc2ccc(F)cc2OC2CCCC2)C1. The van der Waals surface area contributed by atoms with E-state index in [2.05, 4.69) is 10.2 Å². The van der Waals surface area contributed by atoms with Crippen molar-refractivity contribution in [2.45, 2.75) is 38.2 Å². The summed E-state index contributed by atoms with van der Waals surface area (Å²) in [6.07, 6.45) is 5.39. The van der Waals surface area contributed by atoms with Gasteiger partial charge in [-0.2, -0.15) is 0 Å². The second-order valence-electron chi connectivity index (χ2n) is 7.46. The average molecular weight is 349 g/mol. The Hall–Kier alpha value is -1.82. The maximum atomic E-state index is 13.6. The summed E-state index contributed by atoms with van der Waals surface area (Å²) >= 11 is 0. The zero-order valence-electron chi connectivity index (χ0n) is 15.1. The number of carbonyl (C=O) groups is 1. The number of benzene rings is 1. The summed E-state index contributed by atoms with van der Waals surface area (Å²) in [6.45, 7) is 2.49. The van der Waals surface area contributed by atoms with E-state index in [4.69, 9.17) is 4.74 Å². The van der Waals surface area contributed by atoms with Crippen molar-refractivity contribution >= 4 is 11.7 Å². The van der Waals surface area contributed by atoms with Crippen LogP contribution in [0.4, 0.5) is 14.9 Å². The van der Waals surface area contributed by atoms with E-state index in [0.717, 1.165) is 51.7 Å². The molecule has 0 spiro atoms. The highest BCUT2D eigenvalue weighted by molar-refractivity contribution is 5.91. The molecule has 1 aromatic rings. The Labute approximate surface area is 149 Å². The molecule has 1 heterocycles. The molecule has 5 nitrogen and oxygen atoms in total. The van der Waals surface area contributed by atoms with Crippen LogP contribution in [0.5, 0.6) is 5.75 Å². The predicted molar refractivity (Wildman–Crippen MR) is 96.5 cm³/mol. The number of rotatable bonds is 5. The zero-order valence-corrected chi connectivity index (χ0v) is 15.1. The molecule has 2 aliphatic rings. The molecule has 1 unspecified atom stereocenters. The maximum Gasteiger partial charge on any atom is 0.321 e. The van der Waals surface area contributed by atoms with E-state index in [9.17, 15) is 9.18 Å². The van der Waals surface area contributed by atoms with Gasteiger partial charge in [0.2, 0.25) is 0 Å². The quantitative estimate of drug-likeness (QED) is 0.884. The van der Waals surface area contributed by atoms with Crippen molar-refractivity contribution < 1.29 is 13.9 Å². The van der Waals surface area contributed by atoms with Crippen molar-refractivity contribution in [1.29, 1.82) is 0 Å². The molecule has 1 saturated carbocycles. The lowest BCUT2D eigenvalue weighted by Gasteiger charge is -2.21. The normalized spacial score (nSPS) is 21.1. The third-order valence-corrected chi connectivity index (χ3v) is 4.98. The summed E-state index contributed by atoms with van der Waals surface area (Å²) < 4.78 is 19.6. The van der Waals surface area contributed by atoms with Crippen LogP contribution in [0.15, 0.2) is 18.2 Å². The molecule has 0 aromatic heterocycles. The summed E-state index contributed by atoms with van der Waals surface area (Å²) in [6, 6.07) is 4.18. The molecule has 0 bridgehead atoms. The third kappa shape index (κ3) is 4.84. The van der Waals surface area contributed by atoms with Gasteiger partial charge in [-0.25, -0.2) is 9.18 Å². The summed E-state index contributed by atoms with van der Waals surface area (Å²) in [4.78, 5) is 16.6. The van der Waals surface area contributed by atoms with Crippen molar-refractivity contribution in [3.63, 3.8) is 0 Å². The minimum atomic E-state index is -0.349. The van der Waals surface area contributed by atoms with Crippen LogP contribution in [0.1, 0.15) is 32.1 Å². The van der Waals surface area contributed by atoms with E-state index in [1.54, 1.807) is 6.07 Å². The van der Waals surface area contributed by atoms with Gasteiger partial charge in [0.1, 0.15) is 11.6 Å². The minimum absolute atomic E-state index is 0.119. The molecular formula is C19H28FN3O2. The fourth-order valence-electron chi connectivity index (χ4n) is 3.76. The first-order valence-electron chi connectivity index (χ1n) is 9.18. The maximum absolute atomic E-state index is 13.6. The van der Waals surface area contributed by atoms with Gasteiger partial charge in [-0.3, -0.25) is 0 Å². The fraction of sp³-hybridized carbons (Fsp3) is 0.632. The van der Waals surface area contributed by atoms with E-state index in [-0.39, 0.29) is 18.0 Å². The number of ether oxygens (including phenoxy) is 1. The topological polar surface area (TPSA) is 44.8 Å². The Kier molecular flexibility index (Phi) is 5.78. The summed E-state index contributed by atoms with van der Waals surface area (Å²) in [7, 11) is 4.10. The van der Waals surface area contributed by atoms with Crippen LogP contribution < -0.4 is 10.1 Å². The van der Waals surface area contributed by atoms with Gasteiger partial charge in [0.25, 0.3) is 0 Å². The first-order chi connectivity index (χ1) is 12.0. The smallest absolute Gasteiger partial charge is 0.321 e. The molecule has 3 rings (SSSR count). The van der Waals surface area contributed by atoms with E-state index >= 15 is 0 Å². The largest absolute Gasteiger partial charge is 0.488 e. The molecule has 1 aromatic carbocycles. The number of halogens is 1. The minimum Gasteiger partial charge on any atom is -0.488 e. The van der Waals surface area contributed by atoms with Crippen molar-refractivity contribution in [1.82, 2.24) is 9.80 Å². The van der Waals surface area contributed by atoms with Crippen LogP contribution in [0.25, 0.3) is 0 Å². The van der Waals surface area contributed by atoms with Gasteiger partial charge in [-0.1, -0.05) is 0 Å². The first kappa shape index (κ1) is 18.0. The van der Waals surface area contributed by atoms with Crippen molar-refractivity contribution in [3.05, 3.63) is 24.0 Å². The molecule has 2 amide bonds. The molecule has 1 N–H and O–H groups in total. The van der Waals surface area contributed by atoms with Gasteiger partial charge in [-0.15, -0.1) is 0 Å². The number of likely N-dealkylation sites (tertiary alicyclic amines) is 1. The van der Waals surface area contributed by atoms with Gasteiger partial charge in [0.05, 0.1) is 11.8 Å². The van der Waals surface area contributed by atoms with Gasteiger partial charge < -0.3 is 19.9 Å². The number of anilines is 1. The van der Waals surface area contributed by atoms with Crippen LogP contribution in [0.2, 0.25) is 0 Å². The van der Waals surface area contributed by atoms with Crippen LogP contribution in [0.3, 0.4) is 0 Å². The van der Waals surface area contributed by atoms with Gasteiger partial charge in [-0.05, 0) is 64.3 Å². The molecular weight excluding hydrogens is 321 g/mol. The molecule has 6 heteroatoms. The number of nitrogens with zero attached hydrogens (tertiary/aromatic N) is 2. The molecule has 1 saturated heterocycles. The first-order valence-corrected chi connectivity index (χ1v) is 9.18. The molecule has 1 atom stereocenters. The molecule has 1 aliphatic carbocycles. The third-order valence-electron chi connectivity index (χ3n) is 4.98. The molecule has 25 heavy (non-hydrogen) atoms. The van der Waals surface area contributed by atoms with Crippen LogP contribution in [0, 0.1) is 11.7 Å². The lowest BCUT2D eigenvalue weighted by atomic mass is 10.1. The highest BCUT2D eigenvalue weighted by atomic mass is 19.1. The molecule has 138 valence electrons. The molecule has 2 fully saturated rings. The van der Waals surface area contributed by atoms with Gasteiger partial charge >= 0.3 is 6.03 Å². The van der Waals surface area contributed by atoms with Crippen molar-refractivity contribution in [2.75, 3.05) is 39.0 Å². The lowest BCUT2D eigenvalue weighted by molar-refractivity contribution is 0.208. The van der Waals surface area contributed by atoms with Gasteiger partial charge in [0, 0.05) is 25.7 Å². The van der Waals surface area contributed by atoms with E-state index in [1.165, 1.54) is 12.1 Å². The van der Waals surface area contributed by atoms with E-state index in [1.807, 2.05) is 19.0 Å². The standard InChI is InChI=1S/C19H28FN3O2/c1-22(2)12-14-9-10-23(13-14)19(24)21-17-8-7-15(20)11-18(17)25-16-5-3-4-6-16/h7-8,11,14,16H,3-6,9-10,12-13H2,1-2H3,(H,21,24). The predicted octanol–water partition coefficient (Wildman–Crippen LogP) is 3.56. The van der Waals surface area contributed by atoms with Crippen LogP contribution >= 0.6 is 0 Å². The molecule has 0 radical (unpaired) electrons. The number of urea groups is 1. The number of amides is 2. The highest BCUT2D eigenvalue weighted by Crippen LogP contribution is 2.31. The van der Waals surface area contributed by atoms with Gasteiger partial charge in [0.15, 0.2) is 0 Å². The fourth-order valence-corrected chi connectivity index (χ4v) is 3.76. The number of hydrogen-bond donors (Lipinski definition) is 1. The summed E-state index contributed by atoms with van der Waals surface area (Å²) in [5.74, 6) is 0.589. The Morgan fingerprint density at radius 1 is 1.32 bits per heavy atom. The van der Waals surface area contributed by atoms with E-state index < -0.39 is 0 Å². The summed E-state index contributed by atoms with van der Waals surface area (Å²) in [5, 5.41) is 2.91. The van der Waals surface area contributed by atoms with E-state index in [0.29, 0.717) is 17.4 Å². The van der Waals surface area contributed by atoms with Crippen molar-refractivity contribution in [3.8, 4) is 5.75 Å². The Morgan fingerprint density at radius 2 is 2.08 bits per heavy atom. The monoisotopic (exact) mass is 349 g/mol. The second-order valence-corrected chi connectivity index (χ2v) is 7.46. The van der Waals surface area contributed by atoms with Crippen LogP contribution in [-0.2, 0) is 0 Å².